The number of nitro groups is 1. The zero-order valence-corrected chi connectivity index (χ0v) is 12.6. The minimum atomic E-state index is -0.466. The molecule has 0 amide bonds. The summed E-state index contributed by atoms with van der Waals surface area (Å²) in [5.74, 6) is -0.442. The number of non-ortho nitro benzene ring substituents is 1. The third kappa shape index (κ3) is 3.64. The Labute approximate surface area is 129 Å². The van der Waals surface area contributed by atoms with Crippen LogP contribution in [-0.2, 0) is 4.74 Å². The topological polar surface area (TPSA) is 107 Å². The molecule has 0 aliphatic carbocycles. The molecule has 0 fully saturated rings. The maximum absolute atomic E-state index is 11.5. The van der Waals surface area contributed by atoms with Crippen LogP contribution in [0.3, 0.4) is 0 Å². The van der Waals surface area contributed by atoms with Crippen LogP contribution in [-0.4, -0.2) is 29.2 Å². The maximum Gasteiger partial charge on any atom is 0.350 e. The summed E-state index contributed by atoms with van der Waals surface area (Å²) in [5.41, 5.74) is 3.98. The van der Waals surface area contributed by atoms with Crippen molar-refractivity contribution in [1.82, 2.24) is 4.98 Å². The van der Waals surface area contributed by atoms with Crippen molar-refractivity contribution in [3.63, 3.8) is 0 Å². The fraction of sp³-hybridized carbons (Fsp3) is 0.154. The number of carbonyl (C=O) groups excluding carboxylic acids is 1. The van der Waals surface area contributed by atoms with E-state index in [1.165, 1.54) is 25.5 Å². The lowest BCUT2D eigenvalue weighted by molar-refractivity contribution is -0.384. The van der Waals surface area contributed by atoms with Crippen LogP contribution in [0, 0.1) is 17.0 Å². The predicted octanol–water partition coefficient (Wildman–Crippen LogP) is 2.59. The molecule has 0 radical (unpaired) electrons. The number of anilines is 1. The van der Waals surface area contributed by atoms with Gasteiger partial charge in [0.2, 0.25) is 5.13 Å². The third-order valence-electron chi connectivity index (χ3n) is 2.65. The highest BCUT2D eigenvalue weighted by Crippen LogP contribution is 2.23. The van der Waals surface area contributed by atoms with Crippen LogP contribution < -0.4 is 5.43 Å². The number of nitrogens with zero attached hydrogens (tertiary/aromatic N) is 3. The second kappa shape index (κ2) is 6.76. The Morgan fingerprint density at radius 1 is 1.45 bits per heavy atom. The van der Waals surface area contributed by atoms with E-state index in [-0.39, 0.29) is 5.69 Å². The van der Waals surface area contributed by atoms with Gasteiger partial charge in [0.25, 0.3) is 5.69 Å². The fourth-order valence-electron chi connectivity index (χ4n) is 1.57. The molecule has 0 aliphatic rings. The molecular weight excluding hydrogens is 308 g/mol. The van der Waals surface area contributed by atoms with Crippen LogP contribution in [0.15, 0.2) is 29.4 Å². The SMILES string of the molecule is COC(=O)c1sc(NN=Cc2ccc([N+](=O)[O-])cc2)nc1C. The van der Waals surface area contributed by atoms with Crippen molar-refractivity contribution in [2.75, 3.05) is 12.5 Å². The van der Waals surface area contributed by atoms with Crippen LogP contribution in [0.4, 0.5) is 10.8 Å². The van der Waals surface area contributed by atoms with Crippen molar-refractivity contribution in [3.8, 4) is 0 Å². The van der Waals surface area contributed by atoms with Crippen LogP contribution in [0.5, 0.6) is 0 Å². The molecule has 1 N–H and O–H groups in total. The average molecular weight is 320 g/mol. The van der Waals surface area contributed by atoms with Gasteiger partial charge in [-0.05, 0) is 24.6 Å². The summed E-state index contributed by atoms with van der Waals surface area (Å²) in [7, 11) is 1.31. The number of nitrogens with one attached hydrogen (secondary N) is 1. The first-order chi connectivity index (χ1) is 10.5. The number of aryl methyl sites for hydroxylation is 1. The number of rotatable bonds is 5. The molecule has 9 heteroatoms. The number of hydrogen-bond acceptors (Lipinski definition) is 8. The Morgan fingerprint density at radius 2 is 2.14 bits per heavy atom. The van der Waals surface area contributed by atoms with Gasteiger partial charge in [-0.25, -0.2) is 9.78 Å². The summed E-state index contributed by atoms with van der Waals surface area (Å²) in [6.07, 6.45) is 1.50. The quantitative estimate of drug-likeness (QED) is 0.393. The normalized spacial score (nSPS) is 10.6. The number of carbonyl (C=O) groups is 1. The summed E-state index contributed by atoms with van der Waals surface area (Å²) in [4.78, 5) is 26.1. The van der Waals surface area contributed by atoms with Gasteiger partial charge in [-0.2, -0.15) is 5.10 Å². The number of hydrogen-bond donors (Lipinski definition) is 1. The monoisotopic (exact) mass is 320 g/mol. The van der Waals surface area contributed by atoms with E-state index in [0.717, 1.165) is 11.3 Å². The Kier molecular flexibility index (Phi) is 4.79. The van der Waals surface area contributed by atoms with Crippen LogP contribution in [0.2, 0.25) is 0 Å². The Hall–Kier alpha value is -2.81. The maximum atomic E-state index is 11.5. The summed E-state index contributed by atoms with van der Waals surface area (Å²) >= 11 is 1.13. The van der Waals surface area contributed by atoms with Gasteiger partial charge in [-0.15, -0.1) is 0 Å². The minimum Gasteiger partial charge on any atom is -0.465 e. The number of ether oxygens (including phenoxy) is 1. The van der Waals surface area contributed by atoms with Gasteiger partial charge in [0.1, 0.15) is 4.88 Å². The third-order valence-corrected chi connectivity index (χ3v) is 3.69. The number of nitro benzene ring substituents is 1. The molecule has 0 bridgehead atoms. The van der Waals surface area contributed by atoms with Crippen molar-refractivity contribution < 1.29 is 14.5 Å². The highest BCUT2D eigenvalue weighted by molar-refractivity contribution is 7.17. The molecule has 1 aromatic heterocycles. The van der Waals surface area contributed by atoms with E-state index in [9.17, 15) is 14.9 Å². The van der Waals surface area contributed by atoms with Crippen LogP contribution >= 0.6 is 11.3 Å². The average Bonchev–Trinajstić information content (AvgIpc) is 2.88. The second-order valence-corrected chi connectivity index (χ2v) is 5.14. The summed E-state index contributed by atoms with van der Waals surface area (Å²) in [6.45, 7) is 1.70. The van der Waals surface area contributed by atoms with Crippen molar-refractivity contribution >= 4 is 34.3 Å². The fourth-order valence-corrected chi connectivity index (χ4v) is 2.40. The lowest BCUT2D eigenvalue weighted by Crippen LogP contribution is -1.99. The van der Waals surface area contributed by atoms with E-state index in [2.05, 4.69) is 20.2 Å². The molecular formula is C13H12N4O4S. The number of hydrazone groups is 1. The van der Waals surface area contributed by atoms with Gasteiger partial charge in [0.15, 0.2) is 0 Å². The molecule has 0 unspecified atom stereocenters. The molecule has 2 aromatic rings. The second-order valence-electron chi connectivity index (χ2n) is 4.14. The van der Waals surface area contributed by atoms with E-state index in [0.29, 0.717) is 21.3 Å². The zero-order chi connectivity index (χ0) is 16.1. The molecule has 0 aliphatic heterocycles. The molecule has 8 nitrogen and oxygen atoms in total. The van der Waals surface area contributed by atoms with Crippen LogP contribution in [0.1, 0.15) is 20.9 Å². The van der Waals surface area contributed by atoms with Gasteiger partial charge in [-0.3, -0.25) is 15.5 Å². The molecule has 22 heavy (non-hydrogen) atoms. The smallest absolute Gasteiger partial charge is 0.350 e. The van der Waals surface area contributed by atoms with Gasteiger partial charge in [-0.1, -0.05) is 11.3 Å². The summed E-state index contributed by atoms with van der Waals surface area (Å²) in [6, 6.07) is 5.95. The zero-order valence-electron chi connectivity index (χ0n) is 11.8. The molecule has 114 valence electrons. The first-order valence-corrected chi connectivity index (χ1v) is 6.92. The van der Waals surface area contributed by atoms with E-state index in [1.807, 2.05) is 0 Å². The number of esters is 1. The number of methoxy groups -OCH3 is 1. The molecule has 1 aromatic carbocycles. The predicted molar refractivity (Wildman–Crippen MR) is 82.5 cm³/mol. The van der Waals surface area contributed by atoms with E-state index in [4.69, 9.17) is 0 Å². The Bertz CT molecular complexity index is 724. The standard InChI is InChI=1S/C13H12N4O4S/c1-8-11(12(18)21-2)22-13(15-8)16-14-7-9-3-5-10(6-4-9)17(19)20/h3-7H,1-2H3,(H,15,16). The number of thiazole rings is 1. The summed E-state index contributed by atoms with van der Waals surface area (Å²) < 4.78 is 4.64. The van der Waals surface area contributed by atoms with Gasteiger partial charge < -0.3 is 4.74 Å². The molecule has 0 saturated heterocycles. The lowest BCUT2D eigenvalue weighted by Gasteiger charge is -1.95. The van der Waals surface area contributed by atoms with Crippen molar-refractivity contribution in [1.29, 1.82) is 0 Å². The first-order valence-electron chi connectivity index (χ1n) is 6.10. The van der Waals surface area contributed by atoms with Crippen molar-refractivity contribution in [2.24, 2.45) is 5.10 Å². The van der Waals surface area contributed by atoms with Crippen molar-refractivity contribution in [3.05, 3.63) is 50.5 Å². The largest absolute Gasteiger partial charge is 0.465 e. The van der Waals surface area contributed by atoms with E-state index in [1.54, 1.807) is 19.1 Å². The van der Waals surface area contributed by atoms with Gasteiger partial charge in [0.05, 0.1) is 23.9 Å². The lowest BCUT2D eigenvalue weighted by atomic mass is 10.2. The molecule has 1 heterocycles. The molecule has 0 atom stereocenters. The highest BCUT2D eigenvalue weighted by Gasteiger charge is 2.15. The molecule has 0 saturated carbocycles. The highest BCUT2D eigenvalue weighted by atomic mass is 32.1. The first kappa shape index (κ1) is 15.6. The van der Waals surface area contributed by atoms with E-state index >= 15 is 0 Å². The Balaban J connectivity index is 2.03. The minimum absolute atomic E-state index is 0.0170. The molecule has 2 rings (SSSR count). The number of benzene rings is 1. The van der Waals surface area contributed by atoms with Crippen LogP contribution in [0.25, 0.3) is 0 Å². The number of aromatic nitrogens is 1. The Morgan fingerprint density at radius 3 is 2.73 bits per heavy atom. The molecule has 0 spiro atoms. The summed E-state index contributed by atoms with van der Waals surface area (Å²) in [5, 5.41) is 15.0. The van der Waals surface area contributed by atoms with Crippen molar-refractivity contribution in [2.45, 2.75) is 6.92 Å². The van der Waals surface area contributed by atoms with E-state index < -0.39 is 10.9 Å². The van der Waals surface area contributed by atoms with Gasteiger partial charge >= 0.3 is 5.97 Å². The van der Waals surface area contributed by atoms with Gasteiger partial charge in [0, 0.05) is 12.1 Å².